The molecule has 5 heteroatoms. The van der Waals surface area contributed by atoms with E-state index in [1.807, 2.05) is 19.1 Å². The predicted molar refractivity (Wildman–Crippen MR) is 79.2 cm³/mol. The number of nitrogens with zero attached hydrogens (tertiary/aromatic N) is 1. The lowest BCUT2D eigenvalue weighted by Crippen LogP contribution is -2.30. The van der Waals surface area contributed by atoms with Crippen LogP contribution in [0.4, 0.5) is 0 Å². The molecule has 0 aromatic carbocycles. The Morgan fingerprint density at radius 1 is 1.05 bits per heavy atom. The summed E-state index contributed by atoms with van der Waals surface area (Å²) >= 11 is 0. The number of hydrogen-bond acceptors (Lipinski definition) is 4. The molecule has 3 aromatic rings. The monoisotopic (exact) mass is 299 g/mol. The summed E-state index contributed by atoms with van der Waals surface area (Å²) in [6.07, 6.45) is 3.19. The van der Waals surface area contributed by atoms with Crippen molar-refractivity contribution in [3.8, 4) is 0 Å². The second kappa shape index (κ2) is 5.97. The van der Waals surface area contributed by atoms with Crippen molar-refractivity contribution in [2.75, 3.05) is 0 Å². The van der Waals surface area contributed by atoms with Gasteiger partial charge >= 0.3 is 0 Å². The van der Waals surface area contributed by atoms with Gasteiger partial charge < -0.3 is 18.2 Å². The second-order valence-electron chi connectivity index (χ2n) is 5.15. The van der Waals surface area contributed by atoms with Gasteiger partial charge in [-0.25, -0.2) is 0 Å². The van der Waals surface area contributed by atoms with E-state index >= 15 is 0 Å². The summed E-state index contributed by atoms with van der Waals surface area (Å²) in [4.78, 5) is 14.5. The Labute approximate surface area is 128 Å². The third-order valence-electron chi connectivity index (χ3n) is 3.41. The van der Waals surface area contributed by atoms with E-state index < -0.39 is 0 Å². The first-order valence-electron chi connectivity index (χ1n) is 7.04. The average Bonchev–Trinajstić information content (AvgIpc) is 3.20. The molecule has 3 heterocycles. The Morgan fingerprint density at radius 3 is 2.05 bits per heavy atom. The third kappa shape index (κ3) is 2.98. The molecule has 5 nitrogen and oxygen atoms in total. The topological polar surface area (TPSA) is 59.7 Å². The summed E-state index contributed by atoms with van der Waals surface area (Å²) in [6, 6.07) is 9.05. The fraction of sp³-hybridized carbons (Fsp3) is 0.235. The summed E-state index contributed by atoms with van der Waals surface area (Å²) < 4.78 is 16.2. The SMILES string of the molecule is Cc1cc(C(=O)N(Cc2ccco2)Cc2ccco2)c(C)o1. The zero-order valence-corrected chi connectivity index (χ0v) is 12.5. The third-order valence-corrected chi connectivity index (χ3v) is 3.41. The molecule has 0 saturated heterocycles. The minimum atomic E-state index is -0.109. The Morgan fingerprint density at radius 2 is 1.64 bits per heavy atom. The van der Waals surface area contributed by atoms with Gasteiger partial charge in [-0.3, -0.25) is 4.79 Å². The molecule has 0 unspecified atom stereocenters. The van der Waals surface area contributed by atoms with Crippen molar-refractivity contribution in [1.29, 1.82) is 0 Å². The van der Waals surface area contributed by atoms with Crippen LogP contribution >= 0.6 is 0 Å². The molecule has 0 bridgehead atoms. The average molecular weight is 299 g/mol. The lowest BCUT2D eigenvalue weighted by atomic mass is 10.2. The zero-order chi connectivity index (χ0) is 15.5. The molecular formula is C17H17NO4. The molecule has 0 aliphatic carbocycles. The van der Waals surface area contributed by atoms with E-state index in [1.54, 1.807) is 42.5 Å². The highest BCUT2D eigenvalue weighted by Crippen LogP contribution is 2.19. The van der Waals surface area contributed by atoms with Crippen molar-refractivity contribution < 1.29 is 18.0 Å². The highest BCUT2D eigenvalue weighted by molar-refractivity contribution is 5.95. The molecule has 0 radical (unpaired) electrons. The van der Waals surface area contributed by atoms with Gasteiger partial charge in [-0.2, -0.15) is 0 Å². The van der Waals surface area contributed by atoms with Crippen LogP contribution in [0.1, 0.15) is 33.4 Å². The van der Waals surface area contributed by atoms with Crippen LogP contribution in [0, 0.1) is 13.8 Å². The maximum Gasteiger partial charge on any atom is 0.258 e. The van der Waals surface area contributed by atoms with Crippen LogP contribution in [0.2, 0.25) is 0 Å². The van der Waals surface area contributed by atoms with Crippen LogP contribution in [0.15, 0.2) is 56.1 Å². The molecule has 3 rings (SSSR count). The van der Waals surface area contributed by atoms with Gasteiger partial charge in [-0.15, -0.1) is 0 Å². The quantitative estimate of drug-likeness (QED) is 0.716. The van der Waals surface area contributed by atoms with Crippen molar-refractivity contribution >= 4 is 5.91 Å². The smallest absolute Gasteiger partial charge is 0.258 e. The van der Waals surface area contributed by atoms with Gasteiger partial charge in [-0.1, -0.05) is 0 Å². The van der Waals surface area contributed by atoms with Gasteiger partial charge in [0.25, 0.3) is 5.91 Å². The fourth-order valence-corrected chi connectivity index (χ4v) is 2.39. The lowest BCUT2D eigenvalue weighted by molar-refractivity contribution is 0.0703. The molecule has 22 heavy (non-hydrogen) atoms. The largest absolute Gasteiger partial charge is 0.467 e. The molecule has 0 fully saturated rings. The summed E-state index contributed by atoms with van der Waals surface area (Å²) in [6.45, 7) is 4.36. The first-order chi connectivity index (χ1) is 10.6. The standard InChI is InChI=1S/C17H17NO4/c1-12-9-16(13(2)22-12)17(19)18(10-14-5-3-7-20-14)11-15-6-4-8-21-15/h3-9H,10-11H2,1-2H3. The number of aryl methyl sites for hydroxylation is 2. The van der Waals surface area contributed by atoms with E-state index in [0.717, 1.165) is 17.3 Å². The molecule has 0 atom stereocenters. The van der Waals surface area contributed by atoms with E-state index in [9.17, 15) is 4.79 Å². The van der Waals surface area contributed by atoms with Crippen molar-refractivity contribution in [3.05, 3.63) is 71.5 Å². The maximum atomic E-state index is 12.8. The Bertz CT molecular complexity index is 702. The van der Waals surface area contributed by atoms with Crippen LogP contribution in [0.25, 0.3) is 0 Å². The molecule has 0 spiro atoms. The fourth-order valence-electron chi connectivity index (χ4n) is 2.39. The van der Waals surface area contributed by atoms with Gasteiger partial charge in [0, 0.05) is 0 Å². The Kier molecular flexibility index (Phi) is 3.87. The first kappa shape index (κ1) is 14.3. The minimum Gasteiger partial charge on any atom is -0.467 e. The van der Waals surface area contributed by atoms with Gasteiger partial charge in [-0.05, 0) is 44.2 Å². The minimum absolute atomic E-state index is 0.109. The molecule has 0 saturated carbocycles. The molecule has 0 aliphatic rings. The number of carbonyl (C=O) groups excluding carboxylic acids is 1. The number of hydrogen-bond donors (Lipinski definition) is 0. The van der Waals surface area contributed by atoms with Crippen LogP contribution in [-0.4, -0.2) is 10.8 Å². The molecule has 0 aliphatic heterocycles. The van der Waals surface area contributed by atoms with Gasteiger partial charge in [0.2, 0.25) is 0 Å². The summed E-state index contributed by atoms with van der Waals surface area (Å²) in [5.74, 6) is 2.67. The molecule has 3 aromatic heterocycles. The Hall–Kier alpha value is -2.69. The van der Waals surface area contributed by atoms with Crippen molar-refractivity contribution in [1.82, 2.24) is 4.90 Å². The van der Waals surface area contributed by atoms with Crippen LogP contribution < -0.4 is 0 Å². The number of rotatable bonds is 5. The van der Waals surface area contributed by atoms with Gasteiger partial charge in [0.05, 0.1) is 31.2 Å². The highest BCUT2D eigenvalue weighted by atomic mass is 16.3. The summed E-state index contributed by atoms with van der Waals surface area (Å²) in [7, 11) is 0. The molecular weight excluding hydrogens is 282 g/mol. The lowest BCUT2D eigenvalue weighted by Gasteiger charge is -2.20. The van der Waals surface area contributed by atoms with Crippen LogP contribution in [-0.2, 0) is 13.1 Å². The van der Waals surface area contributed by atoms with E-state index in [2.05, 4.69) is 0 Å². The summed E-state index contributed by atoms with van der Waals surface area (Å²) in [5, 5.41) is 0. The molecule has 114 valence electrons. The highest BCUT2D eigenvalue weighted by Gasteiger charge is 2.22. The van der Waals surface area contributed by atoms with Gasteiger partial charge in [0.1, 0.15) is 23.0 Å². The van der Waals surface area contributed by atoms with Crippen molar-refractivity contribution in [2.45, 2.75) is 26.9 Å². The van der Waals surface area contributed by atoms with E-state index in [0.29, 0.717) is 24.4 Å². The second-order valence-corrected chi connectivity index (χ2v) is 5.15. The first-order valence-corrected chi connectivity index (χ1v) is 7.04. The van der Waals surface area contributed by atoms with E-state index in [1.165, 1.54) is 0 Å². The van der Waals surface area contributed by atoms with Crippen molar-refractivity contribution in [3.63, 3.8) is 0 Å². The molecule has 1 amide bonds. The number of furan rings is 3. The van der Waals surface area contributed by atoms with Crippen molar-refractivity contribution in [2.24, 2.45) is 0 Å². The molecule has 0 N–H and O–H groups in total. The number of carbonyl (C=O) groups is 1. The maximum absolute atomic E-state index is 12.8. The predicted octanol–water partition coefficient (Wildman–Crippen LogP) is 3.93. The van der Waals surface area contributed by atoms with Gasteiger partial charge in [0.15, 0.2) is 0 Å². The Balaban J connectivity index is 1.86. The van der Waals surface area contributed by atoms with Crippen LogP contribution in [0.3, 0.4) is 0 Å². The number of amides is 1. The van der Waals surface area contributed by atoms with E-state index in [-0.39, 0.29) is 5.91 Å². The van der Waals surface area contributed by atoms with Crippen LogP contribution in [0.5, 0.6) is 0 Å². The van der Waals surface area contributed by atoms with E-state index in [4.69, 9.17) is 13.3 Å². The normalized spacial score (nSPS) is 10.8. The summed E-state index contributed by atoms with van der Waals surface area (Å²) in [5.41, 5.74) is 0.565. The zero-order valence-electron chi connectivity index (χ0n) is 12.5.